The van der Waals surface area contributed by atoms with E-state index in [1.54, 1.807) is 4.90 Å². The number of hydrogen-bond acceptors (Lipinski definition) is 4. The molecule has 0 saturated carbocycles. The van der Waals surface area contributed by atoms with E-state index in [0.29, 0.717) is 17.3 Å². The van der Waals surface area contributed by atoms with Crippen molar-refractivity contribution in [3.05, 3.63) is 29.0 Å². The van der Waals surface area contributed by atoms with Gasteiger partial charge in [-0.05, 0) is 24.6 Å². The average molecular weight is 405 g/mol. The Morgan fingerprint density at radius 1 is 1.44 bits per heavy atom. The summed E-state index contributed by atoms with van der Waals surface area (Å²) in [6.07, 6.45) is 2.00. The van der Waals surface area contributed by atoms with Crippen LogP contribution in [0.1, 0.15) is 26.2 Å². The number of fused-ring (bicyclic) bond motifs is 1. The minimum Gasteiger partial charge on any atom is -0.316 e. The summed E-state index contributed by atoms with van der Waals surface area (Å²) >= 11 is 7.18. The lowest BCUT2D eigenvalue weighted by atomic mass is 10.2. The molecule has 0 bridgehead atoms. The smallest absolute Gasteiger partial charge is 0.248 e. The molecular formula is C16H18ClFN2O3S2. The second kappa shape index (κ2) is 7.25. The normalized spacial score (nSPS) is 26.2. The standard InChI is InChI=1S/C16H18ClFN2O3S2/c1-2-3-4-15(21)19-16-20(10-5-6-12(18)11(17)7-10)13-8-25(22,23)9-14(13)24-16/h5-7,13-14H,2-4,8-9H2,1H3/t13-,14+/m1/s1. The van der Waals surface area contributed by atoms with Crippen molar-refractivity contribution < 1.29 is 17.6 Å². The van der Waals surface area contributed by atoms with E-state index in [2.05, 4.69) is 4.99 Å². The number of carbonyl (C=O) groups excluding carboxylic acids is 1. The molecule has 2 atom stereocenters. The number of unbranched alkanes of at least 4 members (excludes halogenated alkanes) is 1. The van der Waals surface area contributed by atoms with E-state index in [1.807, 2.05) is 6.92 Å². The van der Waals surface area contributed by atoms with Crippen LogP contribution in [0.25, 0.3) is 0 Å². The number of hydrogen-bond donors (Lipinski definition) is 0. The summed E-state index contributed by atoms with van der Waals surface area (Å²) in [4.78, 5) is 18.0. The van der Waals surface area contributed by atoms with Gasteiger partial charge in [-0.1, -0.05) is 36.7 Å². The van der Waals surface area contributed by atoms with Crippen molar-refractivity contribution in [1.82, 2.24) is 0 Å². The van der Waals surface area contributed by atoms with Crippen LogP contribution in [0.5, 0.6) is 0 Å². The number of anilines is 1. The number of aliphatic imine (C=N–C) groups is 1. The summed E-state index contributed by atoms with van der Waals surface area (Å²) in [6, 6.07) is 3.88. The number of benzene rings is 1. The molecule has 3 rings (SSSR count). The SMILES string of the molecule is CCCCC(=O)N=C1S[C@H]2CS(=O)(=O)C[C@H]2N1c1ccc(F)c(Cl)c1. The van der Waals surface area contributed by atoms with Crippen molar-refractivity contribution in [1.29, 1.82) is 0 Å². The fourth-order valence-electron chi connectivity index (χ4n) is 2.99. The van der Waals surface area contributed by atoms with Crippen LogP contribution in [0, 0.1) is 5.82 Å². The molecule has 9 heteroatoms. The highest BCUT2D eigenvalue weighted by molar-refractivity contribution is 8.16. The Labute approximate surface area is 155 Å². The molecule has 0 unspecified atom stereocenters. The molecule has 2 aliphatic rings. The van der Waals surface area contributed by atoms with Gasteiger partial charge in [0.2, 0.25) is 5.91 Å². The lowest BCUT2D eigenvalue weighted by molar-refractivity contribution is -0.117. The first-order valence-corrected chi connectivity index (χ1v) is 11.1. The maximum absolute atomic E-state index is 13.5. The summed E-state index contributed by atoms with van der Waals surface area (Å²) in [5.41, 5.74) is 0.547. The third-order valence-corrected chi connectivity index (χ3v) is 7.71. The van der Waals surface area contributed by atoms with E-state index < -0.39 is 15.7 Å². The van der Waals surface area contributed by atoms with Crippen LogP contribution in [0.15, 0.2) is 23.2 Å². The largest absolute Gasteiger partial charge is 0.316 e. The fraction of sp³-hybridized carbons (Fsp3) is 0.500. The second-order valence-electron chi connectivity index (χ2n) is 6.16. The van der Waals surface area contributed by atoms with Gasteiger partial charge in [-0.2, -0.15) is 4.99 Å². The van der Waals surface area contributed by atoms with Gasteiger partial charge in [0.15, 0.2) is 15.0 Å². The van der Waals surface area contributed by atoms with Crippen molar-refractivity contribution in [2.24, 2.45) is 4.99 Å². The molecule has 0 aliphatic carbocycles. The molecule has 2 aliphatic heterocycles. The first-order chi connectivity index (χ1) is 11.8. The molecule has 0 spiro atoms. The Kier molecular flexibility index (Phi) is 5.41. The summed E-state index contributed by atoms with van der Waals surface area (Å²) in [6.45, 7) is 1.99. The lowest BCUT2D eigenvalue weighted by Crippen LogP contribution is -2.37. The molecule has 0 N–H and O–H groups in total. The highest BCUT2D eigenvalue weighted by atomic mass is 35.5. The summed E-state index contributed by atoms with van der Waals surface area (Å²) in [5.74, 6) is -0.742. The Morgan fingerprint density at radius 2 is 2.20 bits per heavy atom. The minimum absolute atomic E-state index is 0.0121. The molecule has 2 saturated heterocycles. The van der Waals surface area contributed by atoms with Gasteiger partial charge in [0.05, 0.1) is 22.6 Å². The lowest BCUT2D eigenvalue weighted by Gasteiger charge is -2.24. The van der Waals surface area contributed by atoms with Crippen LogP contribution in [0.3, 0.4) is 0 Å². The van der Waals surface area contributed by atoms with Gasteiger partial charge >= 0.3 is 0 Å². The van der Waals surface area contributed by atoms with Crippen molar-refractivity contribution in [2.45, 2.75) is 37.5 Å². The summed E-state index contributed by atoms with van der Waals surface area (Å²) < 4.78 is 37.4. The van der Waals surface area contributed by atoms with Crippen LogP contribution in [0.2, 0.25) is 5.02 Å². The van der Waals surface area contributed by atoms with Gasteiger partial charge in [-0.25, -0.2) is 12.8 Å². The van der Waals surface area contributed by atoms with E-state index in [9.17, 15) is 17.6 Å². The Balaban J connectivity index is 1.96. The molecule has 0 radical (unpaired) electrons. The van der Waals surface area contributed by atoms with Crippen LogP contribution in [0.4, 0.5) is 10.1 Å². The van der Waals surface area contributed by atoms with Crippen LogP contribution in [-0.2, 0) is 14.6 Å². The van der Waals surface area contributed by atoms with Gasteiger partial charge in [-0.15, -0.1) is 0 Å². The van der Waals surface area contributed by atoms with Gasteiger partial charge in [-0.3, -0.25) is 4.79 Å². The fourth-order valence-corrected chi connectivity index (χ4v) is 7.10. The van der Waals surface area contributed by atoms with Crippen molar-refractivity contribution >= 4 is 50.0 Å². The molecule has 25 heavy (non-hydrogen) atoms. The molecule has 5 nitrogen and oxygen atoms in total. The number of carbonyl (C=O) groups is 1. The number of rotatable bonds is 4. The Hall–Kier alpha value is -1.12. The molecular weight excluding hydrogens is 387 g/mol. The first kappa shape index (κ1) is 18.7. The zero-order chi connectivity index (χ0) is 18.2. The average Bonchev–Trinajstić information content (AvgIpc) is 2.99. The molecule has 1 aromatic carbocycles. The molecule has 2 fully saturated rings. The molecule has 136 valence electrons. The van der Waals surface area contributed by atoms with E-state index in [1.165, 1.54) is 30.0 Å². The van der Waals surface area contributed by atoms with Gasteiger partial charge in [0.25, 0.3) is 0 Å². The Morgan fingerprint density at radius 3 is 2.88 bits per heavy atom. The van der Waals surface area contributed by atoms with Crippen LogP contribution in [-0.4, -0.2) is 42.3 Å². The maximum Gasteiger partial charge on any atom is 0.248 e. The summed E-state index contributed by atoms with van der Waals surface area (Å²) in [7, 11) is -3.14. The number of thioether (sulfide) groups is 1. The van der Waals surface area contributed by atoms with Crippen LogP contribution < -0.4 is 4.90 Å². The van der Waals surface area contributed by atoms with Crippen LogP contribution >= 0.6 is 23.4 Å². The van der Waals surface area contributed by atoms with Gasteiger partial charge < -0.3 is 4.90 Å². The monoisotopic (exact) mass is 404 g/mol. The number of amides is 1. The van der Waals surface area contributed by atoms with E-state index >= 15 is 0 Å². The van der Waals surface area contributed by atoms with E-state index in [4.69, 9.17) is 11.6 Å². The van der Waals surface area contributed by atoms with Crippen molar-refractivity contribution in [3.8, 4) is 0 Å². The molecule has 2 heterocycles. The molecule has 1 amide bonds. The number of nitrogens with zero attached hydrogens (tertiary/aromatic N) is 2. The predicted octanol–water partition coefficient (Wildman–Crippen LogP) is 3.27. The third-order valence-electron chi connectivity index (χ3n) is 4.21. The zero-order valence-corrected chi connectivity index (χ0v) is 16.0. The quantitative estimate of drug-likeness (QED) is 0.770. The maximum atomic E-state index is 13.5. The predicted molar refractivity (Wildman–Crippen MR) is 99.7 cm³/mol. The number of sulfone groups is 1. The molecule has 1 aromatic rings. The second-order valence-corrected chi connectivity index (χ2v) is 9.93. The Bertz CT molecular complexity index is 829. The van der Waals surface area contributed by atoms with Gasteiger partial charge in [0.1, 0.15) is 5.82 Å². The first-order valence-electron chi connectivity index (χ1n) is 8.03. The highest BCUT2D eigenvalue weighted by Gasteiger charge is 2.49. The third kappa shape index (κ3) is 4.01. The van der Waals surface area contributed by atoms with E-state index in [-0.39, 0.29) is 33.7 Å². The van der Waals surface area contributed by atoms with Crippen molar-refractivity contribution in [2.75, 3.05) is 16.4 Å². The van der Waals surface area contributed by atoms with Crippen molar-refractivity contribution in [3.63, 3.8) is 0 Å². The zero-order valence-electron chi connectivity index (χ0n) is 13.6. The van der Waals surface area contributed by atoms with E-state index in [0.717, 1.165) is 12.8 Å². The van der Waals surface area contributed by atoms with Gasteiger partial charge in [0, 0.05) is 17.4 Å². The molecule has 0 aromatic heterocycles. The number of halogens is 2. The minimum atomic E-state index is -3.14. The number of amidine groups is 1. The topological polar surface area (TPSA) is 66.8 Å². The summed E-state index contributed by atoms with van der Waals surface area (Å²) in [5, 5.41) is 0.226. The highest BCUT2D eigenvalue weighted by Crippen LogP contribution is 2.41.